The van der Waals surface area contributed by atoms with Crippen LogP contribution in [0, 0.1) is 0 Å². The molecule has 24 heavy (non-hydrogen) atoms. The second-order valence-electron chi connectivity index (χ2n) is 6.92. The van der Waals surface area contributed by atoms with Crippen LogP contribution in [-0.4, -0.2) is 55.4 Å². The van der Waals surface area contributed by atoms with Crippen LogP contribution in [-0.2, 0) is 11.3 Å². The van der Waals surface area contributed by atoms with E-state index in [-0.39, 0.29) is 5.54 Å². The first-order valence-electron chi connectivity index (χ1n) is 8.75. The van der Waals surface area contributed by atoms with Gasteiger partial charge < -0.3 is 14.8 Å². The normalized spacial score (nSPS) is 20.2. The third-order valence-electron chi connectivity index (χ3n) is 5.25. The largest absolute Gasteiger partial charge is 0.497 e. The Bertz CT molecular complexity index is 709. The molecule has 2 fully saturated rings. The third-order valence-corrected chi connectivity index (χ3v) is 5.25. The number of nitrogens with zero attached hydrogens (tertiary/aromatic N) is 2. The Balaban J connectivity index is 1.41. The summed E-state index contributed by atoms with van der Waals surface area (Å²) in [5.41, 5.74) is 2.41. The van der Waals surface area contributed by atoms with Gasteiger partial charge in [-0.2, -0.15) is 0 Å². The number of pyridine rings is 1. The summed E-state index contributed by atoms with van der Waals surface area (Å²) in [4.78, 5) is 7.16. The smallest absolute Gasteiger partial charge is 0.119 e. The highest BCUT2D eigenvalue weighted by molar-refractivity contribution is 5.80. The lowest BCUT2D eigenvalue weighted by molar-refractivity contribution is -0.131. The summed E-state index contributed by atoms with van der Waals surface area (Å²) in [6.45, 7) is 5.93. The van der Waals surface area contributed by atoms with Crippen LogP contribution < -0.4 is 10.1 Å². The number of nitrogens with one attached hydrogen (secondary N) is 1. The van der Waals surface area contributed by atoms with Crippen molar-refractivity contribution in [2.45, 2.75) is 24.9 Å². The Morgan fingerprint density at radius 3 is 2.79 bits per heavy atom. The van der Waals surface area contributed by atoms with Gasteiger partial charge in [0.25, 0.3) is 0 Å². The van der Waals surface area contributed by atoms with Crippen molar-refractivity contribution in [3.8, 4) is 5.75 Å². The molecule has 0 aliphatic carbocycles. The van der Waals surface area contributed by atoms with E-state index in [9.17, 15) is 0 Å². The third kappa shape index (κ3) is 2.99. The highest BCUT2D eigenvalue weighted by atomic mass is 16.5. The number of rotatable bonds is 6. The van der Waals surface area contributed by atoms with Crippen molar-refractivity contribution in [3.05, 3.63) is 36.0 Å². The van der Waals surface area contributed by atoms with E-state index < -0.39 is 0 Å². The molecule has 2 aliphatic rings. The minimum Gasteiger partial charge on any atom is -0.497 e. The van der Waals surface area contributed by atoms with Crippen LogP contribution in [0.25, 0.3) is 10.9 Å². The molecule has 0 bridgehead atoms. The highest BCUT2D eigenvalue weighted by Gasteiger charge is 2.44. The van der Waals surface area contributed by atoms with Crippen LogP contribution in [0.15, 0.2) is 30.5 Å². The van der Waals surface area contributed by atoms with Gasteiger partial charge in [-0.15, -0.1) is 0 Å². The Morgan fingerprint density at radius 1 is 1.25 bits per heavy atom. The number of hydrogen-bond acceptors (Lipinski definition) is 5. The summed E-state index contributed by atoms with van der Waals surface area (Å²) in [7, 11) is 1.69. The average Bonchev–Trinajstić information content (AvgIpc) is 3.11. The molecule has 0 saturated carbocycles. The molecule has 1 N–H and O–H groups in total. The zero-order valence-corrected chi connectivity index (χ0v) is 14.3. The Hall–Kier alpha value is -1.69. The van der Waals surface area contributed by atoms with Gasteiger partial charge in [0, 0.05) is 24.7 Å². The summed E-state index contributed by atoms with van der Waals surface area (Å²) in [5, 5.41) is 4.74. The monoisotopic (exact) mass is 327 g/mol. The van der Waals surface area contributed by atoms with Gasteiger partial charge in [0.15, 0.2) is 0 Å². The Kier molecular flexibility index (Phi) is 4.39. The van der Waals surface area contributed by atoms with Gasteiger partial charge in [-0.3, -0.25) is 9.88 Å². The molecule has 0 unspecified atom stereocenters. The van der Waals surface area contributed by atoms with E-state index in [4.69, 9.17) is 9.47 Å². The summed E-state index contributed by atoms with van der Waals surface area (Å²) < 4.78 is 10.8. The zero-order valence-electron chi connectivity index (χ0n) is 14.3. The SMILES string of the molecule is COc1ccc2ncc(CNCC3(N4CCCC4)COC3)cc2c1. The van der Waals surface area contributed by atoms with Gasteiger partial charge in [-0.05, 0) is 55.8 Å². The molecule has 0 spiro atoms. The lowest BCUT2D eigenvalue weighted by atomic mass is 9.95. The molecule has 2 saturated heterocycles. The van der Waals surface area contributed by atoms with Crippen molar-refractivity contribution in [1.82, 2.24) is 15.2 Å². The van der Waals surface area contributed by atoms with E-state index >= 15 is 0 Å². The number of hydrogen-bond donors (Lipinski definition) is 1. The number of fused-ring (bicyclic) bond motifs is 1. The summed E-state index contributed by atoms with van der Waals surface area (Å²) in [6, 6.07) is 8.18. The van der Waals surface area contributed by atoms with Crippen molar-refractivity contribution in [1.29, 1.82) is 0 Å². The van der Waals surface area contributed by atoms with Crippen molar-refractivity contribution in [2.75, 3.05) is 40.0 Å². The predicted molar refractivity (Wildman–Crippen MR) is 94.4 cm³/mol. The predicted octanol–water partition coefficient (Wildman–Crippen LogP) is 2.20. The van der Waals surface area contributed by atoms with E-state index in [0.29, 0.717) is 0 Å². The molecular weight excluding hydrogens is 302 g/mol. The molecule has 3 heterocycles. The maximum absolute atomic E-state index is 5.53. The van der Waals surface area contributed by atoms with Crippen LogP contribution >= 0.6 is 0 Å². The molecule has 2 aromatic rings. The quantitative estimate of drug-likeness (QED) is 0.881. The maximum Gasteiger partial charge on any atom is 0.119 e. The molecule has 1 aromatic carbocycles. The minimum absolute atomic E-state index is 0.212. The molecular formula is C19H25N3O2. The van der Waals surface area contributed by atoms with Gasteiger partial charge in [0.1, 0.15) is 5.75 Å². The van der Waals surface area contributed by atoms with Gasteiger partial charge in [0.2, 0.25) is 0 Å². The van der Waals surface area contributed by atoms with Crippen molar-refractivity contribution in [2.24, 2.45) is 0 Å². The van der Waals surface area contributed by atoms with E-state index in [2.05, 4.69) is 21.3 Å². The molecule has 1 aromatic heterocycles. The topological polar surface area (TPSA) is 46.6 Å². The van der Waals surface area contributed by atoms with Crippen LogP contribution in [0.5, 0.6) is 5.75 Å². The van der Waals surface area contributed by atoms with E-state index in [1.165, 1.54) is 31.5 Å². The lowest BCUT2D eigenvalue weighted by Crippen LogP contribution is -2.66. The fraction of sp³-hybridized carbons (Fsp3) is 0.526. The standard InChI is InChI=1S/C19H25N3O2/c1-23-17-4-5-18-16(9-17)8-15(11-21-18)10-20-12-19(13-24-14-19)22-6-2-3-7-22/h4-5,8-9,11,20H,2-3,6-7,10,12-14H2,1H3. The number of benzene rings is 1. The molecule has 0 atom stereocenters. The van der Waals surface area contributed by atoms with Crippen molar-refractivity contribution in [3.63, 3.8) is 0 Å². The highest BCUT2D eigenvalue weighted by Crippen LogP contribution is 2.28. The molecule has 4 rings (SSSR count). The van der Waals surface area contributed by atoms with Crippen LogP contribution in [0.1, 0.15) is 18.4 Å². The molecule has 128 valence electrons. The van der Waals surface area contributed by atoms with E-state index in [0.717, 1.165) is 43.0 Å². The number of ether oxygens (including phenoxy) is 2. The first-order valence-corrected chi connectivity index (χ1v) is 8.75. The maximum atomic E-state index is 5.53. The second kappa shape index (κ2) is 6.67. The fourth-order valence-corrected chi connectivity index (χ4v) is 3.74. The van der Waals surface area contributed by atoms with Gasteiger partial charge in [-0.25, -0.2) is 0 Å². The average molecular weight is 327 g/mol. The lowest BCUT2D eigenvalue weighted by Gasteiger charge is -2.48. The van der Waals surface area contributed by atoms with Crippen molar-refractivity contribution < 1.29 is 9.47 Å². The number of aromatic nitrogens is 1. The van der Waals surface area contributed by atoms with Gasteiger partial charge in [0.05, 0.1) is 31.4 Å². The van der Waals surface area contributed by atoms with Crippen LogP contribution in [0.2, 0.25) is 0 Å². The number of methoxy groups -OCH3 is 1. The minimum atomic E-state index is 0.212. The van der Waals surface area contributed by atoms with Gasteiger partial charge in [-0.1, -0.05) is 0 Å². The fourth-order valence-electron chi connectivity index (χ4n) is 3.74. The first kappa shape index (κ1) is 15.8. The van der Waals surface area contributed by atoms with Gasteiger partial charge >= 0.3 is 0 Å². The number of likely N-dealkylation sites (tertiary alicyclic amines) is 1. The molecule has 5 nitrogen and oxygen atoms in total. The van der Waals surface area contributed by atoms with Crippen LogP contribution in [0.3, 0.4) is 0 Å². The van der Waals surface area contributed by atoms with Crippen molar-refractivity contribution >= 4 is 10.9 Å². The summed E-state index contributed by atoms with van der Waals surface area (Å²) in [6.07, 6.45) is 4.60. The molecule has 2 aliphatic heterocycles. The molecule has 0 radical (unpaired) electrons. The summed E-state index contributed by atoms with van der Waals surface area (Å²) in [5.74, 6) is 0.869. The van der Waals surface area contributed by atoms with E-state index in [1.54, 1.807) is 7.11 Å². The second-order valence-corrected chi connectivity index (χ2v) is 6.92. The van der Waals surface area contributed by atoms with Crippen LogP contribution in [0.4, 0.5) is 0 Å². The zero-order chi connectivity index (χ0) is 16.4. The molecule has 5 heteroatoms. The Morgan fingerprint density at radius 2 is 2.08 bits per heavy atom. The van der Waals surface area contributed by atoms with E-state index in [1.807, 2.05) is 24.4 Å². The Labute approximate surface area is 143 Å². The first-order chi connectivity index (χ1) is 11.8. The summed E-state index contributed by atoms with van der Waals surface area (Å²) >= 11 is 0. The molecule has 0 amide bonds.